The Kier molecular flexibility index (Phi) is 16.9. The van der Waals surface area contributed by atoms with Crippen molar-refractivity contribution in [3.8, 4) is 0 Å². The van der Waals surface area contributed by atoms with E-state index in [1.165, 1.54) is 27.7 Å². The second-order valence-electron chi connectivity index (χ2n) is 13.1. The second-order valence-corrected chi connectivity index (χ2v) is 13.1. The number of rotatable bonds is 20. The summed E-state index contributed by atoms with van der Waals surface area (Å²) in [6, 6.07) is 0. The first-order chi connectivity index (χ1) is 27.3. The summed E-state index contributed by atoms with van der Waals surface area (Å²) < 4.78 is 54.5. The van der Waals surface area contributed by atoms with Crippen molar-refractivity contribution in [2.75, 3.05) is 26.3 Å². The fourth-order valence-electron chi connectivity index (χ4n) is 6.16. The zero-order chi connectivity index (χ0) is 41.5. The zero-order valence-electron chi connectivity index (χ0n) is 32.3. The molecular formula is C32H46N12O13. The molecule has 0 unspecified atom stereocenters. The fraction of sp³-hybridized carbons (Fsp3) is 0.750. The van der Waals surface area contributed by atoms with Gasteiger partial charge in [0.1, 0.15) is 29.7 Å². The summed E-state index contributed by atoms with van der Waals surface area (Å²) in [6.45, 7) is 9.22. The van der Waals surface area contributed by atoms with Gasteiger partial charge in [0.2, 0.25) is 0 Å². The molecule has 2 saturated heterocycles. The van der Waals surface area contributed by atoms with Crippen LogP contribution in [0.4, 0.5) is 0 Å². The Bertz CT molecular complexity index is 1760. The van der Waals surface area contributed by atoms with E-state index in [9.17, 15) is 19.2 Å². The molecule has 0 amide bonds. The highest BCUT2D eigenvalue weighted by atomic mass is 16.7. The van der Waals surface area contributed by atoms with Crippen molar-refractivity contribution in [1.82, 2.24) is 30.0 Å². The molecule has 4 rings (SSSR count). The molecule has 0 bridgehead atoms. The van der Waals surface area contributed by atoms with Crippen molar-refractivity contribution in [3.63, 3.8) is 0 Å². The Balaban J connectivity index is 1.24. The van der Waals surface area contributed by atoms with E-state index in [2.05, 4.69) is 40.7 Å². The Morgan fingerprint density at radius 3 is 1.61 bits per heavy atom. The number of hydrogen-bond donors (Lipinski definition) is 0. The number of carbonyl (C=O) groups excluding carboxylic acids is 4. The molecule has 312 valence electrons. The number of esters is 4. The van der Waals surface area contributed by atoms with E-state index in [1.54, 1.807) is 35.6 Å². The minimum absolute atomic E-state index is 0.0209. The second kappa shape index (κ2) is 21.8. The van der Waals surface area contributed by atoms with Gasteiger partial charge in [0, 0.05) is 49.4 Å². The summed E-state index contributed by atoms with van der Waals surface area (Å²) >= 11 is 0. The molecule has 0 radical (unpaired) electrons. The summed E-state index contributed by atoms with van der Waals surface area (Å²) in [5, 5.41) is 23.5. The third kappa shape index (κ3) is 13.3. The van der Waals surface area contributed by atoms with Gasteiger partial charge in [-0.25, -0.2) is 9.36 Å². The summed E-state index contributed by atoms with van der Waals surface area (Å²) in [5.41, 5.74) is 18.5. The maximum Gasteiger partial charge on any atom is 0.303 e. The smallest absolute Gasteiger partial charge is 0.303 e. The van der Waals surface area contributed by atoms with E-state index in [0.29, 0.717) is 24.5 Å². The van der Waals surface area contributed by atoms with Gasteiger partial charge in [-0.05, 0) is 11.1 Å². The standard InChI is InChI=1S/C32H46N12O13/c1-17-25(11-35-39-33)56-32(30(55-22(6)48)27(17)52-19(3)45)51-16-24-14-44(42-38-24)8-10-49-9-7-43-13-23(37-41-43)15-50-31-18(2)28(53-20(4)46)29(54-21(5)47)26(57-31)12-36-40-34/h13-14,17-18,25-32H,7-12,15-16H2,1-6H3/t17-,18+,25-,26-,27+,28-,29-,30+,31-,32-/m1/s1. The molecule has 2 aromatic rings. The predicted molar refractivity (Wildman–Crippen MR) is 186 cm³/mol. The third-order valence-electron chi connectivity index (χ3n) is 8.70. The maximum atomic E-state index is 11.9. The molecule has 25 nitrogen and oxygen atoms in total. The molecular weight excluding hydrogens is 760 g/mol. The lowest BCUT2D eigenvalue weighted by molar-refractivity contribution is -0.291. The van der Waals surface area contributed by atoms with E-state index in [-0.39, 0.29) is 39.5 Å². The van der Waals surface area contributed by atoms with Crippen LogP contribution in [0.2, 0.25) is 0 Å². The Labute approximate surface area is 325 Å². The van der Waals surface area contributed by atoms with Gasteiger partial charge in [-0.1, -0.05) is 34.5 Å². The van der Waals surface area contributed by atoms with Gasteiger partial charge < -0.3 is 42.6 Å². The van der Waals surface area contributed by atoms with Gasteiger partial charge in [-0.2, -0.15) is 0 Å². The first kappa shape index (κ1) is 44.3. The van der Waals surface area contributed by atoms with Crippen LogP contribution in [0.15, 0.2) is 22.6 Å². The average Bonchev–Trinajstić information content (AvgIpc) is 3.81. The highest BCUT2D eigenvalue weighted by Crippen LogP contribution is 2.33. The Morgan fingerprint density at radius 2 is 1.11 bits per heavy atom. The normalized spacial score (nSPS) is 27.0. The number of azide groups is 2. The van der Waals surface area contributed by atoms with E-state index < -0.39 is 84.9 Å². The molecule has 2 fully saturated rings. The van der Waals surface area contributed by atoms with Gasteiger partial charge in [0.15, 0.2) is 24.8 Å². The first-order valence-electron chi connectivity index (χ1n) is 17.9. The van der Waals surface area contributed by atoms with Gasteiger partial charge in [-0.15, -0.1) is 10.2 Å². The Hall–Kier alpha value is -5.42. The molecule has 0 N–H and O–H groups in total. The van der Waals surface area contributed by atoms with E-state index in [0.717, 1.165) is 0 Å². The van der Waals surface area contributed by atoms with Crippen LogP contribution in [-0.2, 0) is 88.1 Å². The molecule has 2 aliphatic heterocycles. The van der Waals surface area contributed by atoms with Gasteiger partial charge in [0.05, 0.1) is 71.1 Å². The highest BCUT2D eigenvalue weighted by Gasteiger charge is 2.49. The van der Waals surface area contributed by atoms with Crippen molar-refractivity contribution in [2.45, 2.75) is 117 Å². The molecule has 0 aliphatic carbocycles. The molecule has 4 heterocycles. The zero-order valence-corrected chi connectivity index (χ0v) is 32.3. The summed E-state index contributed by atoms with van der Waals surface area (Å²) in [4.78, 5) is 53.0. The molecule has 25 heteroatoms. The van der Waals surface area contributed by atoms with Gasteiger partial charge in [-0.3, -0.25) is 19.2 Å². The topological polar surface area (TPSA) is 310 Å². The van der Waals surface area contributed by atoms with Crippen LogP contribution < -0.4 is 0 Å². The minimum atomic E-state index is -1.17. The monoisotopic (exact) mass is 806 g/mol. The fourth-order valence-corrected chi connectivity index (χ4v) is 6.16. The van der Waals surface area contributed by atoms with Crippen LogP contribution in [0.25, 0.3) is 20.9 Å². The maximum absolute atomic E-state index is 11.9. The lowest BCUT2D eigenvalue weighted by atomic mass is 9.90. The summed E-state index contributed by atoms with van der Waals surface area (Å²) in [5.74, 6) is -3.50. The minimum Gasteiger partial charge on any atom is -0.458 e. The molecule has 2 aromatic heterocycles. The highest BCUT2D eigenvalue weighted by molar-refractivity contribution is 5.68. The quantitative estimate of drug-likeness (QED) is 0.0459. The van der Waals surface area contributed by atoms with Crippen LogP contribution in [0.1, 0.15) is 52.9 Å². The van der Waals surface area contributed by atoms with Crippen LogP contribution in [-0.4, -0.2) is 129 Å². The average molecular weight is 807 g/mol. The summed E-state index contributed by atoms with van der Waals surface area (Å²) in [7, 11) is 0. The van der Waals surface area contributed by atoms with Crippen LogP contribution >= 0.6 is 0 Å². The number of hydrogen-bond acceptors (Lipinski definition) is 19. The molecule has 10 atom stereocenters. The number of carbonyl (C=O) groups is 4. The van der Waals surface area contributed by atoms with Crippen molar-refractivity contribution in [1.29, 1.82) is 0 Å². The lowest BCUT2D eigenvalue weighted by Gasteiger charge is -2.43. The van der Waals surface area contributed by atoms with E-state index in [1.807, 2.05) is 0 Å². The van der Waals surface area contributed by atoms with Crippen molar-refractivity contribution in [3.05, 3.63) is 44.7 Å². The third-order valence-corrected chi connectivity index (χ3v) is 8.70. The molecule has 0 saturated carbocycles. The SMILES string of the molecule is CC(=O)O[C@@H]1[C@H](OCc2cn(CCOCCn3cc(CO[C@@H]4O[C@H](CN=[N+]=[N-])[C@@H](OC(C)=O)[C@H](OC(C)=O)[C@@H]4C)nn3)nn2)O[C@H](CN=[N+]=[N-])[C@@H](C)[C@@H]1OC(C)=O. The largest absolute Gasteiger partial charge is 0.458 e. The van der Waals surface area contributed by atoms with Gasteiger partial charge >= 0.3 is 23.9 Å². The van der Waals surface area contributed by atoms with Crippen LogP contribution in [0.3, 0.4) is 0 Å². The number of ether oxygens (including phenoxy) is 9. The molecule has 0 spiro atoms. The molecule has 2 aliphatic rings. The number of nitrogens with zero attached hydrogens (tertiary/aromatic N) is 12. The van der Waals surface area contributed by atoms with Gasteiger partial charge in [0.25, 0.3) is 0 Å². The van der Waals surface area contributed by atoms with Crippen LogP contribution in [0, 0.1) is 11.8 Å². The summed E-state index contributed by atoms with van der Waals surface area (Å²) in [6.07, 6.45) is -4.37. The lowest BCUT2D eigenvalue weighted by Crippen LogP contribution is -2.58. The van der Waals surface area contributed by atoms with Crippen molar-refractivity contribution < 1.29 is 61.8 Å². The van der Waals surface area contributed by atoms with Crippen molar-refractivity contribution >= 4 is 23.9 Å². The van der Waals surface area contributed by atoms with Crippen LogP contribution in [0.5, 0.6) is 0 Å². The number of aromatic nitrogens is 6. The Morgan fingerprint density at radius 1 is 0.667 bits per heavy atom. The van der Waals surface area contributed by atoms with E-state index in [4.69, 9.17) is 53.7 Å². The molecule has 0 aromatic carbocycles. The molecule has 57 heavy (non-hydrogen) atoms. The van der Waals surface area contributed by atoms with Crippen molar-refractivity contribution in [2.24, 2.45) is 22.1 Å². The van der Waals surface area contributed by atoms with E-state index >= 15 is 0 Å². The first-order valence-corrected chi connectivity index (χ1v) is 17.9. The predicted octanol–water partition coefficient (Wildman–Crippen LogP) is 1.69.